The van der Waals surface area contributed by atoms with Crippen molar-refractivity contribution in [1.82, 2.24) is 14.7 Å². The second kappa shape index (κ2) is 10.4. The van der Waals surface area contributed by atoms with Gasteiger partial charge in [0, 0.05) is 39.1 Å². The Balaban J connectivity index is 1.19. The fourth-order valence-electron chi connectivity index (χ4n) is 5.42. The van der Waals surface area contributed by atoms with Gasteiger partial charge in [-0.15, -0.1) is 0 Å². The first-order chi connectivity index (χ1) is 14.7. The van der Waals surface area contributed by atoms with Crippen LogP contribution >= 0.6 is 0 Å². The summed E-state index contributed by atoms with van der Waals surface area (Å²) in [5.41, 5.74) is 1.08. The highest BCUT2D eigenvalue weighted by Gasteiger charge is 2.29. The standard InChI is InChI=1S/C25H37N3O2/c29-24(17-21-7-2-1-3-8-21)27-15-10-22(11-16-27)18-25(30)28-14-6-9-23(20-28)19-26-12-4-5-13-26/h1-3,7-8,22-23H,4-6,9-20H2/t23-/m1/s1. The van der Waals surface area contributed by atoms with Crippen LogP contribution in [0.25, 0.3) is 0 Å². The van der Waals surface area contributed by atoms with Crippen molar-refractivity contribution in [2.24, 2.45) is 11.8 Å². The summed E-state index contributed by atoms with van der Waals surface area (Å²) in [6, 6.07) is 9.97. The largest absolute Gasteiger partial charge is 0.342 e. The number of nitrogens with zero attached hydrogens (tertiary/aromatic N) is 3. The molecule has 3 aliphatic rings. The molecule has 0 N–H and O–H groups in total. The smallest absolute Gasteiger partial charge is 0.226 e. The Morgan fingerprint density at radius 2 is 1.50 bits per heavy atom. The van der Waals surface area contributed by atoms with Crippen LogP contribution in [-0.2, 0) is 16.0 Å². The number of likely N-dealkylation sites (tertiary alicyclic amines) is 3. The van der Waals surface area contributed by atoms with Crippen molar-refractivity contribution in [2.45, 2.75) is 51.4 Å². The van der Waals surface area contributed by atoms with Gasteiger partial charge in [-0.25, -0.2) is 0 Å². The van der Waals surface area contributed by atoms with Crippen LogP contribution in [0.15, 0.2) is 30.3 Å². The van der Waals surface area contributed by atoms with Gasteiger partial charge in [0.15, 0.2) is 0 Å². The van der Waals surface area contributed by atoms with E-state index >= 15 is 0 Å². The van der Waals surface area contributed by atoms with E-state index in [-0.39, 0.29) is 5.91 Å². The van der Waals surface area contributed by atoms with Crippen LogP contribution in [0, 0.1) is 11.8 Å². The van der Waals surface area contributed by atoms with Gasteiger partial charge in [-0.05, 0) is 69.0 Å². The summed E-state index contributed by atoms with van der Waals surface area (Å²) in [5.74, 6) is 1.64. The van der Waals surface area contributed by atoms with Crippen LogP contribution < -0.4 is 0 Å². The number of amides is 2. The highest BCUT2D eigenvalue weighted by molar-refractivity contribution is 5.79. The maximum Gasteiger partial charge on any atom is 0.226 e. The summed E-state index contributed by atoms with van der Waals surface area (Å²) < 4.78 is 0. The minimum Gasteiger partial charge on any atom is -0.342 e. The number of benzene rings is 1. The van der Waals surface area contributed by atoms with E-state index in [0.29, 0.717) is 30.6 Å². The molecule has 0 unspecified atom stereocenters. The molecule has 164 valence electrons. The third-order valence-corrected chi connectivity index (χ3v) is 7.22. The van der Waals surface area contributed by atoms with Crippen LogP contribution in [0.1, 0.15) is 50.5 Å². The topological polar surface area (TPSA) is 43.9 Å². The second-order valence-electron chi connectivity index (χ2n) is 9.55. The highest BCUT2D eigenvalue weighted by atomic mass is 16.2. The number of hydrogen-bond acceptors (Lipinski definition) is 3. The van der Waals surface area contributed by atoms with Crippen molar-refractivity contribution in [2.75, 3.05) is 45.8 Å². The zero-order valence-corrected chi connectivity index (χ0v) is 18.3. The lowest BCUT2D eigenvalue weighted by atomic mass is 9.91. The lowest BCUT2D eigenvalue weighted by molar-refractivity contribution is -0.135. The lowest BCUT2D eigenvalue weighted by Crippen LogP contribution is -2.45. The average Bonchev–Trinajstić information content (AvgIpc) is 3.28. The average molecular weight is 412 g/mol. The summed E-state index contributed by atoms with van der Waals surface area (Å²) in [5, 5.41) is 0. The molecule has 3 heterocycles. The molecule has 5 nitrogen and oxygen atoms in total. The monoisotopic (exact) mass is 411 g/mol. The molecule has 3 fully saturated rings. The van der Waals surface area contributed by atoms with Crippen LogP contribution in [0.5, 0.6) is 0 Å². The van der Waals surface area contributed by atoms with E-state index in [1.165, 1.54) is 38.9 Å². The molecule has 30 heavy (non-hydrogen) atoms. The Morgan fingerprint density at radius 1 is 0.767 bits per heavy atom. The minimum absolute atomic E-state index is 0.215. The Kier molecular flexibility index (Phi) is 7.42. The molecule has 1 aromatic carbocycles. The number of rotatable bonds is 6. The molecule has 0 radical (unpaired) electrons. The van der Waals surface area contributed by atoms with Gasteiger partial charge in [-0.3, -0.25) is 9.59 Å². The van der Waals surface area contributed by atoms with Gasteiger partial charge in [-0.2, -0.15) is 0 Å². The highest BCUT2D eigenvalue weighted by Crippen LogP contribution is 2.25. The number of carbonyl (C=O) groups excluding carboxylic acids is 2. The van der Waals surface area contributed by atoms with E-state index < -0.39 is 0 Å². The number of hydrogen-bond donors (Lipinski definition) is 0. The molecular formula is C25H37N3O2. The fourth-order valence-corrected chi connectivity index (χ4v) is 5.42. The fraction of sp³-hybridized carbons (Fsp3) is 0.680. The van der Waals surface area contributed by atoms with E-state index in [9.17, 15) is 9.59 Å². The van der Waals surface area contributed by atoms with E-state index in [2.05, 4.69) is 9.80 Å². The van der Waals surface area contributed by atoms with Crippen molar-refractivity contribution in [3.8, 4) is 0 Å². The molecular weight excluding hydrogens is 374 g/mol. The predicted octanol–water partition coefficient (Wildman–Crippen LogP) is 3.19. The maximum absolute atomic E-state index is 12.9. The van der Waals surface area contributed by atoms with Crippen LogP contribution in [0.4, 0.5) is 0 Å². The predicted molar refractivity (Wildman–Crippen MR) is 119 cm³/mol. The van der Waals surface area contributed by atoms with Gasteiger partial charge >= 0.3 is 0 Å². The summed E-state index contributed by atoms with van der Waals surface area (Å²) in [6.07, 6.45) is 8.14. The first-order valence-corrected chi connectivity index (χ1v) is 12.0. The minimum atomic E-state index is 0.215. The number of carbonyl (C=O) groups is 2. The van der Waals surface area contributed by atoms with Gasteiger partial charge in [0.2, 0.25) is 11.8 Å². The van der Waals surface area contributed by atoms with Gasteiger partial charge < -0.3 is 14.7 Å². The van der Waals surface area contributed by atoms with Crippen LogP contribution in [0.2, 0.25) is 0 Å². The Hall–Kier alpha value is -1.88. The molecule has 0 spiro atoms. The molecule has 3 saturated heterocycles. The third kappa shape index (κ3) is 5.84. The Morgan fingerprint density at radius 3 is 2.23 bits per heavy atom. The molecule has 0 aromatic heterocycles. The first kappa shape index (κ1) is 21.4. The van der Waals surface area contributed by atoms with E-state index in [4.69, 9.17) is 0 Å². The maximum atomic E-state index is 12.9. The van der Waals surface area contributed by atoms with Crippen molar-refractivity contribution < 1.29 is 9.59 Å². The van der Waals surface area contributed by atoms with E-state index in [1.807, 2.05) is 35.2 Å². The Labute approximate surface area is 181 Å². The summed E-state index contributed by atoms with van der Waals surface area (Å²) >= 11 is 0. The van der Waals surface area contributed by atoms with E-state index in [1.54, 1.807) is 0 Å². The SMILES string of the molecule is O=C(Cc1ccccc1)N1CCC(CC(=O)N2CCC[C@H](CN3CCCC3)C2)CC1. The second-order valence-corrected chi connectivity index (χ2v) is 9.55. The van der Waals surface area contributed by atoms with Gasteiger partial charge in [0.05, 0.1) is 6.42 Å². The molecule has 1 aromatic rings. The van der Waals surface area contributed by atoms with Crippen LogP contribution in [0.3, 0.4) is 0 Å². The summed E-state index contributed by atoms with van der Waals surface area (Å²) in [4.78, 5) is 32.2. The molecule has 3 aliphatic heterocycles. The summed E-state index contributed by atoms with van der Waals surface area (Å²) in [6.45, 7) is 7.12. The van der Waals surface area contributed by atoms with Gasteiger partial charge in [0.25, 0.3) is 0 Å². The molecule has 4 rings (SSSR count). The molecule has 5 heteroatoms. The molecule has 2 amide bonds. The quantitative estimate of drug-likeness (QED) is 0.722. The zero-order valence-electron chi connectivity index (χ0n) is 18.3. The molecule has 0 aliphatic carbocycles. The third-order valence-electron chi connectivity index (χ3n) is 7.22. The normalized spacial score (nSPS) is 23.7. The van der Waals surface area contributed by atoms with Crippen molar-refractivity contribution >= 4 is 11.8 Å². The van der Waals surface area contributed by atoms with Crippen molar-refractivity contribution in [1.29, 1.82) is 0 Å². The number of piperidine rings is 2. The summed E-state index contributed by atoms with van der Waals surface area (Å²) in [7, 11) is 0. The van der Waals surface area contributed by atoms with Gasteiger partial charge in [-0.1, -0.05) is 30.3 Å². The molecule has 0 bridgehead atoms. The lowest BCUT2D eigenvalue weighted by Gasteiger charge is -2.37. The first-order valence-electron chi connectivity index (χ1n) is 12.0. The van der Waals surface area contributed by atoms with Gasteiger partial charge in [0.1, 0.15) is 0 Å². The van der Waals surface area contributed by atoms with Crippen LogP contribution in [-0.4, -0.2) is 72.3 Å². The molecule has 0 saturated carbocycles. The van der Waals surface area contributed by atoms with Crippen molar-refractivity contribution in [3.05, 3.63) is 35.9 Å². The van der Waals surface area contributed by atoms with E-state index in [0.717, 1.165) is 51.0 Å². The zero-order chi connectivity index (χ0) is 20.8. The molecule has 1 atom stereocenters. The Bertz CT molecular complexity index is 694. The van der Waals surface area contributed by atoms with Crippen molar-refractivity contribution in [3.63, 3.8) is 0 Å².